The first-order valence-corrected chi connectivity index (χ1v) is 8.21. The Balaban J connectivity index is 2.14. The fourth-order valence-corrected chi connectivity index (χ4v) is 3.29. The van der Waals surface area contributed by atoms with Gasteiger partial charge in [0.1, 0.15) is 0 Å². The molecule has 1 heterocycles. The highest BCUT2D eigenvalue weighted by molar-refractivity contribution is 8.01. The fourth-order valence-electron chi connectivity index (χ4n) is 1.80. The van der Waals surface area contributed by atoms with Crippen molar-refractivity contribution in [3.05, 3.63) is 29.8 Å². The third-order valence-electron chi connectivity index (χ3n) is 2.70. The largest absolute Gasteiger partial charge is 0.481 e. The van der Waals surface area contributed by atoms with E-state index in [2.05, 4.69) is 42.4 Å². The quantitative estimate of drug-likeness (QED) is 0.816. The van der Waals surface area contributed by atoms with Crippen LogP contribution in [0.2, 0.25) is 0 Å². The van der Waals surface area contributed by atoms with Crippen LogP contribution in [0.4, 0.5) is 10.8 Å². The maximum absolute atomic E-state index is 10.5. The van der Waals surface area contributed by atoms with Crippen molar-refractivity contribution >= 4 is 39.9 Å². The Morgan fingerprint density at radius 3 is 2.71 bits per heavy atom. The number of aromatic nitrogens is 2. The first-order valence-electron chi connectivity index (χ1n) is 6.41. The first-order chi connectivity index (χ1) is 9.86. The molecule has 2 rings (SSSR count). The van der Waals surface area contributed by atoms with Crippen molar-refractivity contribution in [1.82, 2.24) is 10.2 Å². The number of para-hydroxylation sites is 1. The van der Waals surface area contributed by atoms with Gasteiger partial charge >= 0.3 is 5.97 Å². The van der Waals surface area contributed by atoms with Crippen molar-refractivity contribution in [3.8, 4) is 0 Å². The summed E-state index contributed by atoms with van der Waals surface area (Å²) in [6.45, 7) is 6.46. The Kier molecular flexibility index (Phi) is 4.84. The van der Waals surface area contributed by atoms with Crippen LogP contribution in [0.5, 0.6) is 0 Å². The van der Waals surface area contributed by atoms with E-state index in [-0.39, 0.29) is 11.2 Å². The zero-order valence-corrected chi connectivity index (χ0v) is 13.7. The molecule has 0 spiro atoms. The number of aliphatic carboxylic acids is 1. The molecule has 0 amide bonds. The summed E-state index contributed by atoms with van der Waals surface area (Å²) in [4.78, 5) is 10.5. The summed E-state index contributed by atoms with van der Waals surface area (Å²) in [5.74, 6) is -0.865. The molecule has 0 radical (unpaired) electrons. The number of carboxylic acids is 1. The highest BCUT2D eigenvalue weighted by Crippen LogP contribution is 2.33. The van der Waals surface area contributed by atoms with E-state index in [9.17, 15) is 4.79 Å². The van der Waals surface area contributed by atoms with Gasteiger partial charge in [0.05, 0.1) is 5.75 Å². The molecule has 0 aliphatic carbocycles. The Hall–Kier alpha value is -1.60. The van der Waals surface area contributed by atoms with Crippen LogP contribution in [0.15, 0.2) is 28.6 Å². The predicted molar refractivity (Wildman–Crippen MR) is 86.7 cm³/mol. The summed E-state index contributed by atoms with van der Waals surface area (Å²) in [6, 6.07) is 8.08. The van der Waals surface area contributed by atoms with Gasteiger partial charge in [-0.25, -0.2) is 0 Å². The minimum atomic E-state index is -0.859. The lowest BCUT2D eigenvalue weighted by Crippen LogP contribution is -2.13. The molecule has 1 aromatic heterocycles. The first kappa shape index (κ1) is 15.8. The Morgan fingerprint density at radius 1 is 1.33 bits per heavy atom. The van der Waals surface area contributed by atoms with E-state index < -0.39 is 5.97 Å². The van der Waals surface area contributed by atoms with Gasteiger partial charge in [0.25, 0.3) is 0 Å². The molecule has 0 atom stereocenters. The predicted octanol–water partition coefficient (Wildman–Crippen LogP) is 3.76. The van der Waals surface area contributed by atoms with Gasteiger partial charge in [-0.1, -0.05) is 62.1 Å². The second kappa shape index (κ2) is 6.44. The highest BCUT2D eigenvalue weighted by atomic mass is 32.2. The van der Waals surface area contributed by atoms with Crippen LogP contribution in [0.3, 0.4) is 0 Å². The molecule has 21 heavy (non-hydrogen) atoms. The standard InChI is InChI=1S/C14H17N3O2S2/c1-14(2,3)9-6-4-5-7-10(9)15-12-16-17-13(21-12)20-8-11(18)19/h4-7H,8H2,1-3H3,(H,15,16)(H,18,19). The molecule has 0 fully saturated rings. The number of hydrogen-bond donors (Lipinski definition) is 2. The molecule has 2 N–H and O–H groups in total. The maximum Gasteiger partial charge on any atom is 0.313 e. The summed E-state index contributed by atoms with van der Waals surface area (Å²) in [7, 11) is 0. The number of carboxylic acid groups (broad SMARTS) is 1. The molecule has 2 aromatic rings. The second-order valence-electron chi connectivity index (χ2n) is 5.48. The van der Waals surface area contributed by atoms with Gasteiger partial charge in [0.15, 0.2) is 4.34 Å². The zero-order valence-electron chi connectivity index (χ0n) is 12.1. The number of nitrogens with zero attached hydrogens (tertiary/aromatic N) is 2. The van der Waals surface area contributed by atoms with Gasteiger partial charge in [-0.3, -0.25) is 4.79 Å². The van der Waals surface area contributed by atoms with Gasteiger partial charge in [-0.2, -0.15) is 0 Å². The molecule has 1 aromatic carbocycles. The van der Waals surface area contributed by atoms with Crippen molar-refractivity contribution in [2.24, 2.45) is 0 Å². The third kappa shape index (κ3) is 4.44. The van der Waals surface area contributed by atoms with Crippen LogP contribution >= 0.6 is 23.1 Å². The topological polar surface area (TPSA) is 75.1 Å². The van der Waals surface area contributed by atoms with E-state index in [1.165, 1.54) is 28.7 Å². The minimum Gasteiger partial charge on any atom is -0.481 e. The van der Waals surface area contributed by atoms with Crippen LogP contribution in [0.25, 0.3) is 0 Å². The average molecular weight is 323 g/mol. The van der Waals surface area contributed by atoms with E-state index in [0.717, 1.165) is 5.69 Å². The maximum atomic E-state index is 10.5. The van der Waals surface area contributed by atoms with Crippen LogP contribution in [-0.4, -0.2) is 27.0 Å². The molecular weight excluding hydrogens is 306 g/mol. The zero-order chi connectivity index (χ0) is 15.5. The lowest BCUT2D eigenvalue weighted by atomic mass is 9.86. The van der Waals surface area contributed by atoms with Crippen LogP contribution in [-0.2, 0) is 10.2 Å². The normalized spacial score (nSPS) is 11.4. The smallest absolute Gasteiger partial charge is 0.313 e. The van der Waals surface area contributed by atoms with E-state index in [1.807, 2.05) is 18.2 Å². The molecule has 7 heteroatoms. The van der Waals surface area contributed by atoms with Gasteiger partial charge in [0.2, 0.25) is 5.13 Å². The number of hydrogen-bond acceptors (Lipinski definition) is 6. The summed E-state index contributed by atoms with van der Waals surface area (Å²) >= 11 is 2.53. The van der Waals surface area contributed by atoms with Crippen molar-refractivity contribution in [2.45, 2.75) is 30.5 Å². The lowest BCUT2D eigenvalue weighted by molar-refractivity contribution is -0.133. The number of rotatable bonds is 5. The van der Waals surface area contributed by atoms with Crippen molar-refractivity contribution < 1.29 is 9.90 Å². The van der Waals surface area contributed by atoms with Crippen molar-refractivity contribution in [2.75, 3.05) is 11.1 Å². The SMILES string of the molecule is CC(C)(C)c1ccccc1Nc1nnc(SCC(=O)O)s1. The van der Waals surface area contributed by atoms with Gasteiger partial charge < -0.3 is 10.4 Å². The van der Waals surface area contributed by atoms with Gasteiger partial charge in [-0.05, 0) is 17.0 Å². The van der Waals surface area contributed by atoms with Crippen molar-refractivity contribution in [1.29, 1.82) is 0 Å². The number of nitrogens with one attached hydrogen (secondary N) is 1. The molecule has 0 saturated carbocycles. The molecule has 0 aliphatic heterocycles. The molecule has 0 unspecified atom stereocenters. The molecule has 5 nitrogen and oxygen atoms in total. The number of benzene rings is 1. The number of thioether (sulfide) groups is 1. The van der Waals surface area contributed by atoms with E-state index in [0.29, 0.717) is 9.47 Å². The average Bonchev–Trinajstić information content (AvgIpc) is 2.83. The second-order valence-corrected chi connectivity index (χ2v) is 7.68. The molecule has 0 bridgehead atoms. The van der Waals surface area contributed by atoms with Gasteiger partial charge in [-0.15, -0.1) is 10.2 Å². The van der Waals surface area contributed by atoms with E-state index in [1.54, 1.807) is 0 Å². The minimum absolute atomic E-state index is 0.00673. The summed E-state index contributed by atoms with van der Waals surface area (Å²) in [5.41, 5.74) is 2.21. The monoisotopic (exact) mass is 323 g/mol. The summed E-state index contributed by atoms with van der Waals surface area (Å²) < 4.78 is 0.646. The Morgan fingerprint density at radius 2 is 2.05 bits per heavy atom. The highest BCUT2D eigenvalue weighted by Gasteiger charge is 2.18. The van der Waals surface area contributed by atoms with Crippen molar-refractivity contribution in [3.63, 3.8) is 0 Å². The van der Waals surface area contributed by atoms with Crippen LogP contribution in [0, 0.1) is 0 Å². The Labute approximate surface area is 131 Å². The summed E-state index contributed by atoms with van der Waals surface area (Å²) in [5, 5.41) is 20.6. The lowest BCUT2D eigenvalue weighted by Gasteiger charge is -2.22. The fraction of sp³-hybridized carbons (Fsp3) is 0.357. The number of carbonyl (C=O) groups is 1. The van der Waals surface area contributed by atoms with Gasteiger partial charge in [0, 0.05) is 5.69 Å². The summed E-state index contributed by atoms with van der Waals surface area (Å²) in [6.07, 6.45) is 0. The molecular formula is C14H17N3O2S2. The third-order valence-corrected chi connectivity index (χ3v) is 4.66. The van der Waals surface area contributed by atoms with E-state index >= 15 is 0 Å². The van der Waals surface area contributed by atoms with Crippen LogP contribution in [0.1, 0.15) is 26.3 Å². The molecule has 0 aliphatic rings. The molecule has 0 saturated heterocycles. The Bertz CT molecular complexity index is 635. The van der Waals surface area contributed by atoms with E-state index in [4.69, 9.17) is 5.11 Å². The number of anilines is 2. The van der Waals surface area contributed by atoms with Crippen LogP contribution < -0.4 is 5.32 Å². The molecule has 112 valence electrons.